The molecule has 2 atom stereocenters. The summed E-state index contributed by atoms with van der Waals surface area (Å²) in [6.45, 7) is 6.64. The summed E-state index contributed by atoms with van der Waals surface area (Å²) < 4.78 is 38.4. The molecule has 0 unspecified atom stereocenters. The molecule has 1 aliphatic carbocycles. The van der Waals surface area contributed by atoms with Crippen LogP contribution >= 0.6 is 0 Å². The van der Waals surface area contributed by atoms with Gasteiger partial charge < -0.3 is 24.5 Å². The summed E-state index contributed by atoms with van der Waals surface area (Å²) in [5.41, 5.74) is 5.60. The second kappa shape index (κ2) is 13.1. The van der Waals surface area contributed by atoms with Crippen LogP contribution < -0.4 is 14.5 Å². The lowest BCUT2D eigenvalue weighted by Crippen LogP contribution is -2.43. The van der Waals surface area contributed by atoms with Crippen molar-refractivity contribution in [2.75, 3.05) is 56.7 Å². The predicted molar refractivity (Wildman–Crippen MR) is 198 cm³/mol. The molecule has 1 N–H and O–H groups in total. The molecule has 2 saturated heterocycles. The lowest BCUT2D eigenvalue weighted by Gasteiger charge is -2.35. The molecule has 280 valence electrons. The zero-order valence-corrected chi connectivity index (χ0v) is 30.9. The van der Waals surface area contributed by atoms with E-state index >= 15 is 4.39 Å². The van der Waals surface area contributed by atoms with Crippen LogP contribution in [-0.2, 0) is 32.5 Å². The fourth-order valence-corrected chi connectivity index (χ4v) is 9.52. The molecule has 3 fully saturated rings. The van der Waals surface area contributed by atoms with Crippen molar-refractivity contribution in [3.8, 4) is 11.8 Å². The summed E-state index contributed by atoms with van der Waals surface area (Å²) >= 11 is 0. The van der Waals surface area contributed by atoms with Gasteiger partial charge in [-0.25, -0.2) is 8.78 Å². The minimum atomic E-state index is -0.866. The van der Waals surface area contributed by atoms with E-state index in [1.807, 2.05) is 11.6 Å². The van der Waals surface area contributed by atoms with Crippen LogP contribution in [0, 0.1) is 5.82 Å². The fraction of sp³-hybridized carbons (Fsp3) is 0.550. The van der Waals surface area contributed by atoms with Crippen LogP contribution in [0.5, 0.6) is 11.8 Å². The maximum atomic E-state index is 15.2. The molecule has 2 aromatic heterocycles. The molecule has 0 bridgehead atoms. The van der Waals surface area contributed by atoms with Crippen LogP contribution in [0.15, 0.2) is 24.3 Å². The van der Waals surface area contributed by atoms with Crippen molar-refractivity contribution in [1.82, 2.24) is 29.5 Å². The Labute approximate surface area is 308 Å². The Morgan fingerprint density at radius 3 is 2.72 bits per heavy atom. The molecular formula is C40H48F2N8O3. The van der Waals surface area contributed by atoms with Crippen LogP contribution in [0.3, 0.4) is 0 Å². The maximum Gasteiger partial charge on any atom is 0.318 e. The van der Waals surface area contributed by atoms with E-state index in [1.54, 1.807) is 37.2 Å². The number of phenolic OH excluding ortho intramolecular Hbond substituents is 1. The summed E-state index contributed by atoms with van der Waals surface area (Å²) in [4.78, 5) is 31.8. The van der Waals surface area contributed by atoms with Crippen LogP contribution in [0.4, 0.5) is 20.3 Å². The Morgan fingerprint density at radius 1 is 1.08 bits per heavy atom. The highest BCUT2D eigenvalue weighted by atomic mass is 19.1. The van der Waals surface area contributed by atoms with Gasteiger partial charge in [-0.3, -0.25) is 14.4 Å². The SMILES string of the molecule is CCc1c(F)ccc2cc(O)cc(N3CCc4c(nc(OC[C@@]56CCCN5C[C@H](F)C6)nc4N4CCCn5nc(C(=O)N(C)C)c(C6CC6)c5C4)C3)c12. The van der Waals surface area contributed by atoms with Crippen molar-refractivity contribution in [2.45, 2.75) is 95.6 Å². The number of ether oxygens (including phenoxy) is 1. The van der Waals surface area contributed by atoms with E-state index in [1.165, 1.54) is 6.07 Å². The monoisotopic (exact) mass is 726 g/mol. The van der Waals surface area contributed by atoms with Gasteiger partial charge in [0, 0.05) is 75.0 Å². The number of carbonyl (C=O) groups excluding carboxylic acids is 1. The van der Waals surface area contributed by atoms with E-state index < -0.39 is 6.17 Å². The summed E-state index contributed by atoms with van der Waals surface area (Å²) in [7, 11) is 3.55. The maximum absolute atomic E-state index is 15.2. The largest absolute Gasteiger partial charge is 0.508 e. The number of alkyl halides is 1. The summed E-state index contributed by atoms with van der Waals surface area (Å²) in [6, 6.07) is 6.89. The number of aryl methyl sites for hydroxylation is 2. The molecule has 1 amide bonds. The number of hydrogen-bond donors (Lipinski definition) is 1. The first-order valence-electron chi connectivity index (χ1n) is 19.3. The summed E-state index contributed by atoms with van der Waals surface area (Å²) in [6.07, 6.45) is 5.56. The number of benzene rings is 2. The van der Waals surface area contributed by atoms with Crippen molar-refractivity contribution in [1.29, 1.82) is 0 Å². The van der Waals surface area contributed by atoms with Gasteiger partial charge in [0.05, 0.1) is 30.0 Å². The Morgan fingerprint density at radius 2 is 1.92 bits per heavy atom. The van der Waals surface area contributed by atoms with Gasteiger partial charge in [0.15, 0.2) is 5.69 Å². The lowest BCUT2D eigenvalue weighted by molar-refractivity contribution is 0.0820. The second-order valence-electron chi connectivity index (χ2n) is 15.9. The highest BCUT2D eigenvalue weighted by molar-refractivity contribution is 5.98. The van der Waals surface area contributed by atoms with Crippen LogP contribution in [-0.4, -0.2) is 99.2 Å². The number of rotatable bonds is 8. The molecule has 5 aliphatic rings. The molecule has 0 radical (unpaired) electrons. The second-order valence-corrected chi connectivity index (χ2v) is 15.9. The molecular weight excluding hydrogens is 678 g/mol. The van der Waals surface area contributed by atoms with Crippen molar-refractivity contribution < 1.29 is 23.4 Å². The highest BCUT2D eigenvalue weighted by Crippen LogP contribution is 2.46. The zero-order chi connectivity index (χ0) is 36.6. The fourth-order valence-electron chi connectivity index (χ4n) is 9.52. The van der Waals surface area contributed by atoms with Crippen molar-refractivity contribution in [3.63, 3.8) is 0 Å². The number of anilines is 2. The van der Waals surface area contributed by atoms with Gasteiger partial charge in [0.2, 0.25) is 0 Å². The molecule has 0 spiro atoms. The van der Waals surface area contributed by atoms with Gasteiger partial charge in [0.25, 0.3) is 5.91 Å². The van der Waals surface area contributed by atoms with E-state index in [0.29, 0.717) is 75.8 Å². The molecule has 11 nitrogen and oxygen atoms in total. The average molecular weight is 727 g/mol. The molecule has 6 heterocycles. The van der Waals surface area contributed by atoms with Crippen molar-refractivity contribution in [3.05, 3.63) is 63.9 Å². The number of nitrogens with zero attached hydrogens (tertiary/aromatic N) is 8. The van der Waals surface area contributed by atoms with Gasteiger partial charge in [-0.1, -0.05) is 13.0 Å². The lowest BCUT2D eigenvalue weighted by atomic mass is 9.95. The molecule has 13 heteroatoms. The Balaban J connectivity index is 1.11. The first-order chi connectivity index (χ1) is 25.6. The predicted octanol–water partition coefficient (Wildman–Crippen LogP) is 5.74. The van der Waals surface area contributed by atoms with Crippen molar-refractivity contribution >= 4 is 28.2 Å². The Hall–Kier alpha value is -4.52. The van der Waals surface area contributed by atoms with E-state index in [-0.39, 0.29) is 29.0 Å². The average Bonchev–Trinajstić information content (AvgIpc) is 3.78. The Kier molecular flexibility index (Phi) is 8.47. The zero-order valence-electron chi connectivity index (χ0n) is 30.9. The molecule has 4 aromatic rings. The highest BCUT2D eigenvalue weighted by Gasteiger charge is 2.49. The minimum Gasteiger partial charge on any atom is -0.508 e. The van der Waals surface area contributed by atoms with Gasteiger partial charge >= 0.3 is 6.01 Å². The van der Waals surface area contributed by atoms with Gasteiger partial charge in [-0.2, -0.15) is 15.1 Å². The van der Waals surface area contributed by atoms with Crippen LogP contribution in [0.2, 0.25) is 0 Å². The smallest absolute Gasteiger partial charge is 0.318 e. The first-order valence-corrected chi connectivity index (χ1v) is 19.3. The third-order valence-corrected chi connectivity index (χ3v) is 12.2. The van der Waals surface area contributed by atoms with E-state index in [4.69, 9.17) is 19.8 Å². The quantitative estimate of drug-likeness (QED) is 0.244. The number of hydrogen-bond acceptors (Lipinski definition) is 9. The molecule has 4 aliphatic heterocycles. The first kappa shape index (κ1) is 34.3. The Bertz CT molecular complexity index is 2100. The minimum absolute atomic E-state index is 0.0671. The molecule has 53 heavy (non-hydrogen) atoms. The third kappa shape index (κ3) is 5.95. The standard InChI is InChI=1S/C40H48F2N8O3/c1-4-28-30(42)10-9-25-17-27(51)18-32(34(25)28)47-16-11-29-31(21-47)43-39(53-23-40-12-5-14-49(40)20-26(41)19-40)44-37(29)48-13-6-15-50-33(22-48)35(24-7-8-24)36(45-50)38(52)46(2)3/h9-10,17-18,24,26,51H,4-8,11-16,19-23H2,1-3H3/t26-,40+/m1/s1. The summed E-state index contributed by atoms with van der Waals surface area (Å²) in [5.74, 6) is 0.954. The number of fused-ring (bicyclic) bond motifs is 4. The topological polar surface area (TPSA) is 103 Å². The van der Waals surface area contributed by atoms with E-state index in [0.717, 1.165) is 90.0 Å². The number of aromatic hydroxyl groups is 1. The van der Waals surface area contributed by atoms with Gasteiger partial charge in [-0.15, -0.1) is 0 Å². The summed E-state index contributed by atoms with van der Waals surface area (Å²) in [5, 5.41) is 17.3. The van der Waals surface area contributed by atoms with Crippen LogP contribution in [0.1, 0.15) is 89.9 Å². The third-order valence-electron chi connectivity index (χ3n) is 12.2. The van der Waals surface area contributed by atoms with Gasteiger partial charge in [0.1, 0.15) is 30.2 Å². The van der Waals surface area contributed by atoms with Gasteiger partial charge in [-0.05, 0) is 80.5 Å². The van der Waals surface area contributed by atoms with Crippen LogP contribution in [0.25, 0.3) is 10.8 Å². The van der Waals surface area contributed by atoms with Crippen molar-refractivity contribution in [2.24, 2.45) is 0 Å². The number of carbonyl (C=O) groups is 1. The normalized spacial score (nSPS) is 22.8. The van der Waals surface area contributed by atoms with E-state index in [2.05, 4.69) is 14.7 Å². The molecule has 2 aromatic carbocycles. The molecule has 9 rings (SSSR count). The molecule has 1 saturated carbocycles. The number of aromatic nitrogens is 4. The van der Waals surface area contributed by atoms with E-state index in [9.17, 15) is 14.3 Å². The number of amides is 1. The number of halogens is 2. The number of phenols is 1.